The fraction of sp³-hybridized carbons (Fsp3) is 0.200. The Kier molecular flexibility index (Phi) is 3.31. The van der Waals surface area contributed by atoms with Crippen molar-refractivity contribution >= 4 is 15.9 Å². The van der Waals surface area contributed by atoms with Crippen LogP contribution in [0.15, 0.2) is 29.0 Å². The Balaban J connectivity index is 2.20. The third-order valence-corrected chi connectivity index (χ3v) is 2.61. The molecule has 0 bridgehead atoms. The molecule has 2 N–H and O–H groups in total. The minimum Gasteiger partial charge on any atom is -0.324 e. The van der Waals surface area contributed by atoms with Gasteiger partial charge in [0.15, 0.2) is 5.82 Å². The Labute approximate surface area is 100 Å². The number of hydrogen-bond donors (Lipinski definition) is 1. The molecular formula is C10H10BrFN4. The normalized spacial score (nSPS) is 10.7. The molecule has 16 heavy (non-hydrogen) atoms. The first kappa shape index (κ1) is 11.2. The molecule has 0 aliphatic heterocycles. The molecule has 6 heteroatoms. The van der Waals surface area contributed by atoms with E-state index in [1.807, 2.05) is 0 Å². The van der Waals surface area contributed by atoms with Crippen LogP contribution in [0.3, 0.4) is 0 Å². The van der Waals surface area contributed by atoms with E-state index in [-0.39, 0.29) is 12.4 Å². The Morgan fingerprint density at radius 2 is 2.25 bits per heavy atom. The van der Waals surface area contributed by atoms with Gasteiger partial charge < -0.3 is 5.73 Å². The first-order valence-corrected chi connectivity index (χ1v) is 5.50. The highest BCUT2D eigenvalue weighted by atomic mass is 79.9. The highest BCUT2D eigenvalue weighted by Gasteiger charge is 2.05. The van der Waals surface area contributed by atoms with Crippen LogP contribution in [0.25, 0.3) is 0 Å². The fourth-order valence-electron chi connectivity index (χ4n) is 1.33. The minimum atomic E-state index is -0.265. The van der Waals surface area contributed by atoms with E-state index in [0.717, 1.165) is 4.47 Å². The van der Waals surface area contributed by atoms with Crippen LogP contribution in [0, 0.1) is 5.82 Å². The van der Waals surface area contributed by atoms with Gasteiger partial charge in [0.2, 0.25) is 0 Å². The molecule has 4 nitrogen and oxygen atoms in total. The summed E-state index contributed by atoms with van der Waals surface area (Å²) in [5.74, 6) is 0.289. The van der Waals surface area contributed by atoms with E-state index in [9.17, 15) is 4.39 Å². The summed E-state index contributed by atoms with van der Waals surface area (Å²) in [7, 11) is 0. The average molecular weight is 285 g/mol. The third kappa shape index (κ3) is 2.45. The van der Waals surface area contributed by atoms with Crippen LogP contribution in [0.5, 0.6) is 0 Å². The van der Waals surface area contributed by atoms with Crippen LogP contribution < -0.4 is 5.73 Å². The molecule has 0 aliphatic rings. The molecular weight excluding hydrogens is 275 g/mol. The van der Waals surface area contributed by atoms with Crippen LogP contribution in [0.2, 0.25) is 0 Å². The maximum Gasteiger partial charge on any atom is 0.164 e. The van der Waals surface area contributed by atoms with Gasteiger partial charge in [0.25, 0.3) is 0 Å². The summed E-state index contributed by atoms with van der Waals surface area (Å²) in [6, 6.07) is 4.93. The summed E-state index contributed by atoms with van der Waals surface area (Å²) in [5.41, 5.74) is 5.95. The Hall–Kier alpha value is -1.27. The highest BCUT2D eigenvalue weighted by Crippen LogP contribution is 2.15. The van der Waals surface area contributed by atoms with Gasteiger partial charge in [0.05, 0.1) is 13.1 Å². The van der Waals surface area contributed by atoms with Crippen molar-refractivity contribution in [3.8, 4) is 0 Å². The zero-order valence-corrected chi connectivity index (χ0v) is 9.98. The average Bonchev–Trinajstić information content (AvgIpc) is 2.70. The van der Waals surface area contributed by atoms with E-state index in [2.05, 4.69) is 26.0 Å². The molecule has 2 rings (SSSR count). The number of nitrogens with zero attached hydrogens (tertiary/aromatic N) is 3. The summed E-state index contributed by atoms with van der Waals surface area (Å²) in [4.78, 5) is 3.97. The molecule has 0 spiro atoms. The topological polar surface area (TPSA) is 56.7 Å². The lowest BCUT2D eigenvalue weighted by atomic mass is 10.2. The van der Waals surface area contributed by atoms with Gasteiger partial charge in [-0.3, -0.25) is 0 Å². The molecule has 0 fully saturated rings. The van der Waals surface area contributed by atoms with E-state index in [1.165, 1.54) is 6.07 Å². The van der Waals surface area contributed by atoms with E-state index in [0.29, 0.717) is 17.9 Å². The predicted molar refractivity (Wildman–Crippen MR) is 61.1 cm³/mol. The van der Waals surface area contributed by atoms with Crippen molar-refractivity contribution in [1.82, 2.24) is 14.8 Å². The zero-order valence-electron chi connectivity index (χ0n) is 8.40. The maximum atomic E-state index is 13.5. The van der Waals surface area contributed by atoms with Gasteiger partial charge in [-0.05, 0) is 12.1 Å². The molecule has 1 aromatic carbocycles. The SMILES string of the molecule is NCc1ncn(Cc2ccc(Br)cc2F)n1. The van der Waals surface area contributed by atoms with Gasteiger partial charge in [-0.15, -0.1) is 0 Å². The van der Waals surface area contributed by atoms with Crippen LogP contribution in [-0.4, -0.2) is 14.8 Å². The number of aromatic nitrogens is 3. The van der Waals surface area contributed by atoms with E-state index in [4.69, 9.17) is 5.73 Å². The van der Waals surface area contributed by atoms with Gasteiger partial charge in [-0.1, -0.05) is 22.0 Å². The van der Waals surface area contributed by atoms with Gasteiger partial charge in [0.1, 0.15) is 12.1 Å². The van der Waals surface area contributed by atoms with Gasteiger partial charge >= 0.3 is 0 Å². The quantitative estimate of drug-likeness (QED) is 0.933. The zero-order chi connectivity index (χ0) is 11.5. The number of nitrogens with two attached hydrogens (primary N) is 1. The van der Waals surface area contributed by atoms with Crippen LogP contribution in [0.4, 0.5) is 4.39 Å². The lowest BCUT2D eigenvalue weighted by Gasteiger charge is -2.03. The molecule has 0 radical (unpaired) electrons. The van der Waals surface area contributed by atoms with Crippen molar-refractivity contribution in [3.05, 3.63) is 46.2 Å². The maximum absolute atomic E-state index is 13.5. The number of benzene rings is 1. The Bertz CT molecular complexity index is 497. The second kappa shape index (κ2) is 4.71. The van der Waals surface area contributed by atoms with Crippen molar-refractivity contribution in [2.45, 2.75) is 13.1 Å². The molecule has 0 amide bonds. The highest BCUT2D eigenvalue weighted by molar-refractivity contribution is 9.10. The largest absolute Gasteiger partial charge is 0.324 e. The fourth-order valence-corrected chi connectivity index (χ4v) is 1.66. The number of rotatable bonds is 3. The number of halogens is 2. The van der Waals surface area contributed by atoms with Crippen molar-refractivity contribution in [3.63, 3.8) is 0 Å². The van der Waals surface area contributed by atoms with Crippen LogP contribution in [0.1, 0.15) is 11.4 Å². The van der Waals surface area contributed by atoms with E-state index in [1.54, 1.807) is 23.1 Å². The lowest BCUT2D eigenvalue weighted by Crippen LogP contribution is -2.05. The molecule has 0 saturated heterocycles. The minimum absolute atomic E-state index is 0.265. The summed E-state index contributed by atoms with van der Waals surface area (Å²) >= 11 is 3.21. The molecule has 2 aromatic rings. The summed E-state index contributed by atoms with van der Waals surface area (Å²) in [6.07, 6.45) is 1.55. The van der Waals surface area contributed by atoms with E-state index >= 15 is 0 Å². The summed E-state index contributed by atoms with van der Waals surface area (Å²) in [5, 5.41) is 4.09. The van der Waals surface area contributed by atoms with Gasteiger partial charge in [0, 0.05) is 10.0 Å². The first-order valence-electron chi connectivity index (χ1n) is 4.71. The van der Waals surface area contributed by atoms with Crippen molar-refractivity contribution < 1.29 is 4.39 Å². The van der Waals surface area contributed by atoms with Crippen molar-refractivity contribution in [1.29, 1.82) is 0 Å². The molecule has 0 unspecified atom stereocenters. The second-order valence-corrected chi connectivity index (χ2v) is 4.21. The first-order chi connectivity index (χ1) is 7.69. The molecule has 0 aliphatic carbocycles. The van der Waals surface area contributed by atoms with Crippen LogP contribution >= 0.6 is 15.9 Å². The summed E-state index contributed by atoms with van der Waals surface area (Å²) < 4.78 is 15.8. The molecule has 1 heterocycles. The molecule has 0 atom stereocenters. The third-order valence-electron chi connectivity index (χ3n) is 2.11. The monoisotopic (exact) mass is 284 g/mol. The Morgan fingerprint density at radius 3 is 2.88 bits per heavy atom. The molecule has 84 valence electrons. The molecule has 1 aromatic heterocycles. The van der Waals surface area contributed by atoms with E-state index < -0.39 is 0 Å². The summed E-state index contributed by atoms with van der Waals surface area (Å²) in [6.45, 7) is 0.641. The predicted octanol–water partition coefficient (Wildman–Crippen LogP) is 1.69. The second-order valence-electron chi connectivity index (χ2n) is 3.30. The van der Waals surface area contributed by atoms with Crippen molar-refractivity contribution in [2.75, 3.05) is 0 Å². The van der Waals surface area contributed by atoms with Crippen LogP contribution in [-0.2, 0) is 13.1 Å². The number of hydrogen-bond acceptors (Lipinski definition) is 3. The molecule has 0 saturated carbocycles. The van der Waals surface area contributed by atoms with Gasteiger partial charge in [-0.25, -0.2) is 14.1 Å². The van der Waals surface area contributed by atoms with Gasteiger partial charge in [-0.2, -0.15) is 5.10 Å². The Morgan fingerprint density at radius 1 is 1.44 bits per heavy atom. The standard InChI is InChI=1S/C10H10BrFN4/c11-8-2-1-7(9(12)3-8)5-16-6-14-10(4-13)15-16/h1-3,6H,4-5,13H2. The smallest absolute Gasteiger partial charge is 0.164 e. The van der Waals surface area contributed by atoms with Crippen molar-refractivity contribution in [2.24, 2.45) is 5.73 Å². The lowest BCUT2D eigenvalue weighted by molar-refractivity contribution is 0.582.